The van der Waals surface area contributed by atoms with Crippen molar-refractivity contribution in [2.75, 3.05) is 6.54 Å². The van der Waals surface area contributed by atoms with Crippen LogP contribution in [0.25, 0.3) is 0 Å². The number of hydrogen-bond donors (Lipinski definition) is 1. The van der Waals surface area contributed by atoms with Crippen molar-refractivity contribution < 1.29 is 13.2 Å². The molecule has 0 aromatic heterocycles. The van der Waals surface area contributed by atoms with Crippen LogP contribution in [0.4, 0.5) is 13.2 Å². The molecule has 2 heterocycles. The lowest BCUT2D eigenvalue weighted by molar-refractivity contribution is -0.225. The minimum absolute atomic E-state index is 0.0358. The largest absolute Gasteiger partial charge is 0.410 e. The number of benzene rings is 1. The number of halogens is 3. The van der Waals surface area contributed by atoms with Gasteiger partial charge in [-0.25, -0.2) is 5.01 Å². The van der Waals surface area contributed by atoms with Gasteiger partial charge in [-0.1, -0.05) is 62.4 Å². The van der Waals surface area contributed by atoms with E-state index < -0.39 is 12.2 Å². The second kappa shape index (κ2) is 7.74. The molecular formula is C21H28F3N3. The van der Waals surface area contributed by atoms with Crippen LogP contribution in [0, 0.1) is 0 Å². The molecule has 0 amide bonds. The molecule has 0 bridgehead atoms. The first-order valence-corrected chi connectivity index (χ1v) is 10.2. The first kappa shape index (κ1) is 18.7. The molecule has 27 heavy (non-hydrogen) atoms. The van der Waals surface area contributed by atoms with E-state index in [0.717, 1.165) is 31.2 Å². The molecule has 148 valence electrons. The highest BCUT2D eigenvalue weighted by atomic mass is 19.4. The molecule has 2 unspecified atom stereocenters. The monoisotopic (exact) mass is 379 g/mol. The van der Waals surface area contributed by atoms with Gasteiger partial charge in [0.15, 0.2) is 0 Å². The summed E-state index contributed by atoms with van der Waals surface area (Å²) in [6, 6.07) is 7.90. The molecule has 2 fully saturated rings. The van der Waals surface area contributed by atoms with E-state index in [2.05, 4.69) is 5.32 Å². The Balaban J connectivity index is 1.57. The molecular weight excluding hydrogens is 351 g/mol. The SMILES string of the molecule is FC(F)(F)C1CC(c2ccccc2)NC2=CCN(C3CCCCCCC3)N21. The Morgan fingerprint density at radius 1 is 0.926 bits per heavy atom. The lowest BCUT2D eigenvalue weighted by Crippen LogP contribution is -2.60. The summed E-state index contributed by atoms with van der Waals surface area (Å²) in [5.74, 6) is 0.625. The normalized spacial score (nSPS) is 28.1. The van der Waals surface area contributed by atoms with Crippen LogP contribution in [0.15, 0.2) is 42.2 Å². The molecule has 6 heteroatoms. The fourth-order valence-electron chi connectivity index (χ4n) is 4.77. The van der Waals surface area contributed by atoms with Crippen LogP contribution in [0.2, 0.25) is 0 Å². The van der Waals surface area contributed by atoms with E-state index in [1.807, 2.05) is 41.4 Å². The van der Waals surface area contributed by atoms with Crippen molar-refractivity contribution in [2.45, 2.75) is 75.7 Å². The number of alkyl halides is 3. The van der Waals surface area contributed by atoms with Crippen LogP contribution in [-0.4, -0.2) is 34.8 Å². The Labute approximate surface area is 159 Å². The van der Waals surface area contributed by atoms with Crippen molar-refractivity contribution in [3.8, 4) is 0 Å². The fourth-order valence-corrected chi connectivity index (χ4v) is 4.77. The number of fused-ring (bicyclic) bond motifs is 1. The number of rotatable bonds is 2. The van der Waals surface area contributed by atoms with Crippen LogP contribution in [0.3, 0.4) is 0 Å². The Morgan fingerprint density at radius 3 is 2.26 bits per heavy atom. The third kappa shape index (κ3) is 3.96. The Morgan fingerprint density at radius 2 is 1.59 bits per heavy atom. The van der Waals surface area contributed by atoms with Gasteiger partial charge in [0.1, 0.15) is 11.9 Å². The van der Waals surface area contributed by atoms with Gasteiger partial charge >= 0.3 is 6.18 Å². The summed E-state index contributed by atoms with van der Waals surface area (Å²) in [5.41, 5.74) is 0.914. The van der Waals surface area contributed by atoms with Gasteiger partial charge in [-0.15, -0.1) is 0 Å². The summed E-state index contributed by atoms with van der Waals surface area (Å²) in [6.45, 7) is 0.571. The van der Waals surface area contributed by atoms with E-state index >= 15 is 0 Å². The molecule has 0 spiro atoms. The van der Waals surface area contributed by atoms with Gasteiger partial charge < -0.3 is 5.32 Å². The van der Waals surface area contributed by atoms with Crippen LogP contribution in [-0.2, 0) is 0 Å². The average molecular weight is 379 g/mol. The zero-order valence-electron chi connectivity index (χ0n) is 15.6. The average Bonchev–Trinajstić information content (AvgIpc) is 3.04. The first-order valence-electron chi connectivity index (χ1n) is 10.2. The highest BCUT2D eigenvalue weighted by Crippen LogP contribution is 2.41. The van der Waals surface area contributed by atoms with Gasteiger partial charge in [-0.2, -0.15) is 13.2 Å². The van der Waals surface area contributed by atoms with Crippen LogP contribution in [0.1, 0.15) is 63.0 Å². The molecule has 1 aliphatic carbocycles. The van der Waals surface area contributed by atoms with Crippen LogP contribution in [0.5, 0.6) is 0 Å². The number of hydrazine groups is 1. The van der Waals surface area contributed by atoms with E-state index in [9.17, 15) is 13.2 Å². The molecule has 1 aromatic rings. The van der Waals surface area contributed by atoms with E-state index in [4.69, 9.17) is 0 Å². The zero-order chi connectivity index (χ0) is 18.9. The van der Waals surface area contributed by atoms with Gasteiger partial charge in [0.05, 0.1) is 6.04 Å². The lowest BCUT2D eigenvalue weighted by atomic mass is 9.95. The highest BCUT2D eigenvalue weighted by Gasteiger charge is 2.52. The molecule has 1 aromatic carbocycles. The number of nitrogens with zero attached hydrogens (tertiary/aromatic N) is 2. The molecule has 2 atom stereocenters. The molecule has 1 N–H and O–H groups in total. The summed E-state index contributed by atoms with van der Waals surface area (Å²) >= 11 is 0. The third-order valence-corrected chi connectivity index (χ3v) is 6.15. The minimum atomic E-state index is -4.25. The summed E-state index contributed by atoms with van der Waals surface area (Å²) in [6.07, 6.45) is 5.57. The van der Waals surface area contributed by atoms with E-state index in [1.54, 1.807) is 0 Å². The third-order valence-electron chi connectivity index (χ3n) is 6.15. The van der Waals surface area contributed by atoms with Crippen molar-refractivity contribution in [3.05, 3.63) is 47.8 Å². The highest BCUT2D eigenvalue weighted by molar-refractivity contribution is 5.24. The van der Waals surface area contributed by atoms with Crippen LogP contribution < -0.4 is 5.32 Å². The molecule has 2 aliphatic heterocycles. The van der Waals surface area contributed by atoms with Gasteiger partial charge in [-0.05, 0) is 24.5 Å². The summed E-state index contributed by atoms with van der Waals surface area (Å²) in [4.78, 5) is 0. The van der Waals surface area contributed by atoms with Crippen molar-refractivity contribution in [2.24, 2.45) is 0 Å². The van der Waals surface area contributed by atoms with E-state index in [1.165, 1.54) is 24.3 Å². The van der Waals surface area contributed by atoms with Crippen LogP contribution >= 0.6 is 0 Å². The maximum Gasteiger partial charge on any atom is 0.410 e. The van der Waals surface area contributed by atoms with Gasteiger partial charge in [0.25, 0.3) is 0 Å². The smallest absolute Gasteiger partial charge is 0.364 e. The van der Waals surface area contributed by atoms with E-state index in [-0.39, 0.29) is 18.5 Å². The van der Waals surface area contributed by atoms with Crippen molar-refractivity contribution in [1.82, 2.24) is 15.3 Å². The van der Waals surface area contributed by atoms with Gasteiger partial charge in [0, 0.05) is 19.0 Å². The molecule has 3 nitrogen and oxygen atoms in total. The summed E-state index contributed by atoms with van der Waals surface area (Å²) in [5, 5.41) is 6.90. The Hall–Kier alpha value is -1.69. The number of nitrogens with one attached hydrogen (secondary N) is 1. The maximum atomic E-state index is 14.0. The first-order chi connectivity index (χ1) is 13.0. The zero-order valence-corrected chi connectivity index (χ0v) is 15.6. The standard InChI is InChI=1S/C21H28F3N3/c22-21(23,24)19-15-18(16-9-5-4-6-10-16)25-20-13-14-26(27(19)20)17-11-7-2-1-3-8-12-17/h4-6,9-10,13,17-19,25H,1-3,7-8,11-12,14-15H2. The fraction of sp³-hybridized carbons (Fsp3) is 0.619. The summed E-state index contributed by atoms with van der Waals surface area (Å²) < 4.78 is 42.1. The molecule has 1 saturated heterocycles. The molecule has 3 aliphatic rings. The molecule has 4 rings (SSSR count). The lowest BCUT2D eigenvalue weighted by Gasteiger charge is -2.48. The van der Waals surface area contributed by atoms with E-state index in [0.29, 0.717) is 12.4 Å². The Kier molecular flexibility index (Phi) is 5.35. The predicted molar refractivity (Wildman–Crippen MR) is 99.5 cm³/mol. The Bertz CT molecular complexity index is 650. The maximum absolute atomic E-state index is 14.0. The predicted octanol–water partition coefficient (Wildman–Crippen LogP) is 5.14. The second-order valence-corrected chi connectivity index (χ2v) is 7.96. The quantitative estimate of drug-likeness (QED) is 0.768. The molecule has 0 radical (unpaired) electrons. The minimum Gasteiger partial charge on any atom is -0.364 e. The van der Waals surface area contributed by atoms with Crippen molar-refractivity contribution in [1.29, 1.82) is 0 Å². The van der Waals surface area contributed by atoms with Crippen molar-refractivity contribution in [3.63, 3.8) is 0 Å². The molecule has 1 saturated carbocycles. The number of hydrogen-bond acceptors (Lipinski definition) is 3. The van der Waals surface area contributed by atoms with Gasteiger partial charge in [-0.3, -0.25) is 5.01 Å². The summed E-state index contributed by atoms with van der Waals surface area (Å²) in [7, 11) is 0. The topological polar surface area (TPSA) is 18.5 Å². The van der Waals surface area contributed by atoms with Gasteiger partial charge in [0.2, 0.25) is 0 Å². The van der Waals surface area contributed by atoms with Crippen molar-refractivity contribution >= 4 is 0 Å². The second-order valence-electron chi connectivity index (χ2n) is 7.96.